The molecule has 0 aromatic heterocycles. The largest absolute Gasteiger partial charge is 0.384 e. The van der Waals surface area contributed by atoms with Gasteiger partial charge in [0.05, 0.1) is 0 Å². The third kappa shape index (κ3) is 4.99. The first kappa shape index (κ1) is 15.5. The molecular weight excluding hydrogens is 288 g/mol. The molecule has 0 saturated heterocycles. The number of benzene rings is 1. The molecule has 0 spiro atoms. The minimum absolute atomic E-state index is 0.326. The molecule has 2 nitrogen and oxygen atoms in total. The van der Waals surface area contributed by atoms with Crippen LogP contribution in [-0.4, -0.2) is 31.1 Å². The summed E-state index contributed by atoms with van der Waals surface area (Å²) in [5.74, 6) is 0. The van der Waals surface area contributed by atoms with Crippen LogP contribution in [0.1, 0.15) is 27.7 Å². The number of nitrogens with zero attached hydrogens (tertiary/aromatic N) is 1. The molecule has 102 valence electrons. The molecule has 0 aliphatic carbocycles. The third-order valence-electron chi connectivity index (χ3n) is 3.55. The summed E-state index contributed by atoms with van der Waals surface area (Å²) in [7, 11) is 2.19. The highest BCUT2D eigenvalue weighted by Crippen LogP contribution is 2.22. The molecule has 1 atom stereocenters. The maximum atomic E-state index is 3.45. The minimum Gasteiger partial charge on any atom is -0.384 e. The molecule has 0 radical (unpaired) electrons. The molecule has 0 aliphatic heterocycles. The van der Waals surface area contributed by atoms with Gasteiger partial charge in [0.25, 0.3) is 0 Å². The van der Waals surface area contributed by atoms with E-state index < -0.39 is 0 Å². The second kappa shape index (κ2) is 6.58. The van der Waals surface area contributed by atoms with Gasteiger partial charge in [-0.15, -0.1) is 0 Å². The average Bonchev–Trinajstić information content (AvgIpc) is 2.29. The summed E-state index contributed by atoms with van der Waals surface area (Å²) < 4.78 is 1.12. The summed E-state index contributed by atoms with van der Waals surface area (Å²) in [6.07, 6.45) is 0. The maximum absolute atomic E-state index is 3.45. The fraction of sp³-hybridized carbons (Fsp3) is 0.600. The van der Waals surface area contributed by atoms with Crippen LogP contribution in [0.3, 0.4) is 0 Å². The lowest BCUT2D eigenvalue weighted by Gasteiger charge is -2.35. The Morgan fingerprint density at radius 3 is 2.28 bits per heavy atom. The highest BCUT2D eigenvalue weighted by Gasteiger charge is 2.23. The number of anilines is 1. The van der Waals surface area contributed by atoms with E-state index in [4.69, 9.17) is 0 Å². The zero-order valence-corrected chi connectivity index (χ0v) is 13.7. The lowest BCUT2D eigenvalue weighted by atomic mass is 9.87. The SMILES string of the molecule is CC(N(C)CCNc1ccc(Br)cc1)C(C)(C)C. The van der Waals surface area contributed by atoms with Crippen LogP contribution in [0.4, 0.5) is 5.69 Å². The first-order chi connectivity index (χ1) is 8.30. The highest BCUT2D eigenvalue weighted by molar-refractivity contribution is 9.10. The van der Waals surface area contributed by atoms with E-state index in [-0.39, 0.29) is 0 Å². The van der Waals surface area contributed by atoms with Crippen molar-refractivity contribution in [3.63, 3.8) is 0 Å². The molecule has 0 saturated carbocycles. The van der Waals surface area contributed by atoms with Gasteiger partial charge >= 0.3 is 0 Å². The standard InChI is InChI=1S/C15H25BrN2/c1-12(15(2,3)4)18(5)11-10-17-14-8-6-13(16)7-9-14/h6-9,12,17H,10-11H2,1-5H3. The Labute approximate surface area is 120 Å². The molecule has 0 bridgehead atoms. The predicted molar refractivity (Wildman–Crippen MR) is 84.2 cm³/mol. The van der Waals surface area contributed by atoms with Crippen molar-refractivity contribution in [2.45, 2.75) is 33.7 Å². The summed E-state index contributed by atoms with van der Waals surface area (Å²) in [4.78, 5) is 2.41. The van der Waals surface area contributed by atoms with Gasteiger partial charge in [-0.05, 0) is 43.7 Å². The Kier molecular flexibility index (Phi) is 5.67. The molecule has 3 heteroatoms. The fourth-order valence-corrected chi connectivity index (χ4v) is 2.06. The summed E-state index contributed by atoms with van der Waals surface area (Å²) in [5.41, 5.74) is 1.50. The van der Waals surface area contributed by atoms with Gasteiger partial charge in [0.2, 0.25) is 0 Å². The van der Waals surface area contributed by atoms with Crippen LogP contribution >= 0.6 is 15.9 Å². The van der Waals surface area contributed by atoms with Crippen LogP contribution in [0.15, 0.2) is 28.7 Å². The Hall–Kier alpha value is -0.540. The van der Waals surface area contributed by atoms with Gasteiger partial charge in [0.15, 0.2) is 0 Å². The number of likely N-dealkylation sites (N-methyl/N-ethyl adjacent to an activating group) is 1. The molecule has 18 heavy (non-hydrogen) atoms. The van der Waals surface area contributed by atoms with Crippen molar-refractivity contribution in [1.82, 2.24) is 4.90 Å². The van der Waals surface area contributed by atoms with Gasteiger partial charge in [-0.25, -0.2) is 0 Å². The monoisotopic (exact) mass is 312 g/mol. The topological polar surface area (TPSA) is 15.3 Å². The van der Waals surface area contributed by atoms with Gasteiger partial charge in [-0.2, -0.15) is 0 Å². The lowest BCUT2D eigenvalue weighted by molar-refractivity contribution is 0.146. The molecule has 1 unspecified atom stereocenters. The van der Waals surface area contributed by atoms with Crippen LogP contribution in [0, 0.1) is 5.41 Å². The third-order valence-corrected chi connectivity index (χ3v) is 4.08. The Bertz CT molecular complexity index is 354. The number of hydrogen-bond acceptors (Lipinski definition) is 2. The van der Waals surface area contributed by atoms with Gasteiger partial charge in [0, 0.05) is 29.3 Å². The van der Waals surface area contributed by atoms with E-state index in [1.54, 1.807) is 0 Å². The normalized spacial score (nSPS) is 13.7. The van der Waals surface area contributed by atoms with Crippen molar-refractivity contribution in [2.24, 2.45) is 5.41 Å². The van der Waals surface area contributed by atoms with Crippen LogP contribution in [0.25, 0.3) is 0 Å². The molecule has 0 heterocycles. The van der Waals surface area contributed by atoms with E-state index in [9.17, 15) is 0 Å². The first-order valence-corrected chi connectivity index (χ1v) is 7.29. The second-order valence-corrected chi connectivity index (χ2v) is 6.87. The Morgan fingerprint density at radius 2 is 1.78 bits per heavy atom. The van der Waals surface area contributed by atoms with E-state index in [0.29, 0.717) is 11.5 Å². The molecule has 0 fully saturated rings. The van der Waals surface area contributed by atoms with E-state index in [0.717, 1.165) is 17.6 Å². The van der Waals surface area contributed by atoms with E-state index >= 15 is 0 Å². The first-order valence-electron chi connectivity index (χ1n) is 6.50. The van der Waals surface area contributed by atoms with Gasteiger partial charge in [0.1, 0.15) is 0 Å². The van der Waals surface area contributed by atoms with Crippen molar-refractivity contribution in [1.29, 1.82) is 0 Å². The van der Waals surface area contributed by atoms with Crippen molar-refractivity contribution < 1.29 is 0 Å². The average molecular weight is 313 g/mol. The van der Waals surface area contributed by atoms with Gasteiger partial charge in [-0.3, -0.25) is 0 Å². The second-order valence-electron chi connectivity index (χ2n) is 5.96. The number of hydrogen-bond donors (Lipinski definition) is 1. The van der Waals surface area contributed by atoms with Crippen LogP contribution < -0.4 is 5.32 Å². The van der Waals surface area contributed by atoms with E-state index in [1.807, 2.05) is 0 Å². The molecule has 0 amide bonds. The molecule has 0 aliphatic rings. The quantitative estimate of drug-likeness (QED) is 0.875. The molecular formula is C15H25BrN2. The van der Waals surface area contributed by atoms with Crippen molar-refractivity contribution in [3.05, 3.63) is 28.7 Å². The summed E-state index contributed by atoms with van der Waals surface area (Å²) in [5, 5.41) is 3.45. The van der Waals surface area contributed by atoms with E-state index in [2.05, 4.69) is 85.2 Å². The minimum atomic E-state index is 0.326. The lowest BCUT2D eigenvalue weighted by Crippen LogP contribution is -2.41. The predicted octanol–water partition coefficient (Wildman–Crippen LogP) is 4.23. The molecule has 1 rings (SSSR count). The molecule has 1 N–H and O–H groups in total. The van der Waals surface area contributed by atoms with E-state index in [1.165, 1.54) is 5.69 Å². The molecule has 1 aromatic rings. The number of halogens is 1. The smallest absolute Gasteiger partial charge is 0.0341 e. The maximum Gasteiger partial charge on any atom is 0.0341 e. The number of nitrogens with one attached hydrogen (secondary N) is 1. The van der Waals surface area contributed by atoms with Gasteiger partial charge in [-0.1, -0.05) is 36.7 Å². The zero-order chi connectivity index (χ0) is 13.8. The van der Waals surface area contributed by atoms with Crippen LogP contribution in [-0.2, 0) is 0 Å². The Balaban J connectivity index is 2.35. The van der Waals surface area contributed by atoms with Crippen LogP contribution in [0.2, 0.25) is 0 Å². The highest BCUT2D eigenvalue weighted by atomic mass is 79.9. The summed E-state index contributed by atoms with van der Waals surface area (Å²) in [6.45, 7) is 11.2. The van der Waals surface area contributed by atoms with Crippen molar-refractivity contribution >= 4 is 21.6 Å². The van der Waals surface area contributed by atoms with Gasteiger partial charge < -0.3 is 10.2 Å². The molecule has 1 aromatic carbocycles. The Morgan fingerprint density at radius 1 is 1.22 bits per heavy atom. The summed E-state index contributed by atoms with van der Waals surface area (Å²) >= 11 is 3.44. The van der Waals surface area contributed by atoms with Crippen LogP contribution in [0.5, 0.6) is 0 Å². The van der Waals surface area contributed by atoms with Crippen molar-refractivity contribution in [2.75, 3.05) is 25.5 Å². The fourth-order valence-electron chi connectivity index (χ4n) is 1.80. The van der Waals surface area contributed by atoms with Crippen molar-refractivity contribution in [3.8, 4) is 0 Å². The number of rotatable bonds is 5. The summed E-state index contributed by atoms with van der Waals surface area (Å²) in [6, 6.07) is 8.88. The zero-order valence-electron chi connectivity index (χ0n) is 12.1.